The number of piperidine rings is 1. The second-order valence-corrected chi connectivity index (χ2v) is 9.64. The smallest absolute Gasteiger partial charge is 0.410 e. The topological polar surface area (TPSA) is 80.9 Å². The van der Waals surface area contributed by atoms with E-state index in [1.165, 1.54) is 0 Å². The van der Waals surface area contributed by atoms with Gasteiger partial charge < -0.3 is 18.8 Å². The summed E-state index contributed by atoms with van der Waals surface area (Å²) in [6, 6.07) is 4.15. The molecule has 0 spiro atoms. The Kier molecular flexibility index (Phi) is 4.39. The number of carbonyl (C=O) groups is 1. The molecule has 2 aromatic heterocycles. The Hall–Kier alpha value is -2.81. The van der Waals surface area contributed by atoms with Gasteiger partial charge >= 0.3 is 6.09 Å². The minimum atomic E-state index is -0.486. The number of nitrogens with zero attached hydrogens (tertiary/aromatic N) is 4. The molecule has 0 aliphatic carbocycles. The maximum Gasteiger partial charge on any atom is 0.410 e. The number of rotatable bonds is 3. The van der Waals surface area contributed by atoms with Gasteiger partial charge in [-0.1, -0.05) is 11.3 Å². The molecule has 0 N–H and O–H groups in total. The van der Waals surface area contributed by atoms with Crippen molar-refractivity contribution in [2.75, 3.05) is 25.1 Å². The molecular formula is C21H24N4O4S. The summed E-state index contributed by atoms with van der Waals surface area (Å²) in [7, 11) is 1.65. The van der Waals surface area contributed by atoms with Gasteiger partial charge in [-0.3, -0.25) is 4.90 Å². The second kappa shape index (κ2) is 6.87. The first kappa shape index (κ1) is 19.2. The fraction of sp³-hybridized carbons (Fsp3) is 0.476. The number of anilines is 1. The van der Waals surface area contributed by atoms with Crippen molar-refractivity contribution in [2.24, 2.45) is 0 Å². The Morgan fingerprint density at radius 1 is 1.27 bits per heavy atom. The van der Waals surface area contributed by atoms with E-state index in [1.807, 2.05) is 37.8 Å². The Morgan fingerprint density at radius 2 is 2.03 bits per heavy atom. The highest BCUT2D eigenvalue weighted by Gasteiger charge is 2.49. The molecular weight excluding hydrogens is 404 g/mol. The molecule has 30 heavy (non-hydrogen) atoms. The Balaban J connectivity index is 1.42. The average Bonchev–Trinajstić information content (AvgIpc) is 3.36. The first-order valence-electron chi connectivity index (χ1n) is 9.97. The number of amides is 1. The van der Waals surface area contributed by atoms with Crippen LogP contribution in [0.2, 0.25) is 0 Å². The van der Waals surface area contributed by atoms with Crippen molar-refractivity contribution in [2.45, 2.75) is 44.9 Å². The molecule has 2 bridgehead atoms. The molecule has 158 valence electrons. The number of ether oxygens (including phenoxy) is 2. The summed E-state index contributed by atoms with van der Waals surface area (Å²) >= 11 is 1.60. The number of fused-ring (bicyclic) bond motifs is 3. The number of hydrogen-bond donors (Lipinski definition) is 0. The fourth-order valence-corrected chi connectivity index (χ4v) is 5.28. The third kappa shape index (κ3) is 3.17. The molecule has 3 aliphatic rings. The van der Waals surface area contributed by atoms with Crippen LogP contribution in [0, 0.1) is 0 Å². The largest absolute Gasteiger partial charge is 0.494 e. The van der Waals surface area contributed by atoms with E-state index < -0.39 is 5.60 Å². The van der Waals surface area contributed by atoms with Crippen LogP contribution in [0.1, 0.15) is 27.2 Å². The number of methoxy groups -OCH3 is 1. The minimum absolute atomic E-state index is 0.152. The van der Waals surface area contributed by atoms with Crippen LogP contribution in [-0.4, -0.2) is 58.8 Å². The Morgan fingerprint density at radius 3 is 2.67 bits per heavy atom. The number of carbonyl (C=O) groups excluding carboxylic acids is 1. The molecule has 6 rings (SSSR count). The lowest BCUT2D eigenvalue weighted by Gasteiger charge is -2.55. The van der Waals surface area contributed by atoms with Gasteiger partial charge in [0.05, 0.1) is 35.7 Å². The van der Waals surface area contributed by atoms with Crippen molar-refractivity contribution in [1.82, 2.24) is 14.9 Å². The van der Waals surface area contributed by atoms with Crippen LogP contribution in [0.15, 0.2) is 29.0 Å². The van der Waals surface area contributed by atoms with Crippen LogP contribution < -0.4 is 9.64 Å². The highest BCUT2D eigenvalue weighted by Crippen LogP contribution is 2.43. The van der Waals surface area contributed by atoms with E-state index in [9.17, 15) is 4.79 Å². The normalized spacial score (nSPS) is 20.9. The van der Waals surface area contributed by atoms with Crippen molar-refractivity contribution in [3.8, 4) is 17.2 Å². The molecule has 5 heterocycles. The lowest BCUT2D eigenvalue weighted by atomic mass is 9.88. The average molecular weight is 429 g/mol. The van der Waals surface area contributed by atoms with E-state index in [0.717, 1.165) is 46.2 Å². The van der Waals surface area contributed by atoms with E-state index in [4.69, 9.17) is 18.9 Å². The zero-order chi connectivity index (χ0) is 21.0. The minimum Gasteiger partial charge on any atom is -0.494 e. The lowest BCUT2D eigenvalue weighted by molar-refractivity contribution is -0.0379. The van der Waals surface area contributed by atoms with Crippen LogP contribution >= 0.6 is 11.3 Å². The zero-order valence-electron chi connectivity index (χ0n) is 17.4. The molecule has 3 aromatic rings. The number of benzene rings is 1. The summed E-state index contributed by atoms with van der Waals surface area (Å²) in [5.41, 5.74) is 1.22. The van der Waals surface area contributed by atoms with Gasteiger partial charge in [-0.05, 0) is 39.3 Å². The Labute approximate surface area is 178 Å². The fourth-order valence-electron chi connectivity index (χ4n) is 4.18. The molecule has 2 atom stereocenters. The molecule has 9 heteroatoms. The van der Waals surface area contributed by atoms with Crippen LogP contribution in [0.4, 0.5) is 9.93 Å². The molecule has 3 saturated heterocycles. The van der Waals surface area contributed by atoms with Crippen molar-refractivity contribution < 1.29 is 18.7 Å². The van der Waals surface area contributed by atoms with Crippen LogP contribution in [-0.2, 0) is 4.74 Å². The van der Waals surface area contributed by atoms with Gasteiger partial charge in [-0.15, -0.1) is 0 Å². The predicted octanol–water partition coefficient (Wildman–Crippen LogP) is 4.16. The molecule has 0 saturated carbocycles. The van der Waals surface area contributed by atoms with Gasteiger partial charge in [0.1, 0.15) is 23.1 Å². The SMILES string of the molecule is COc1ccc(-c2ncco2)c2sc(N3CC4CC(C3)N4C(=O)OC(C)(C)C)nc12. The molecule has 2 unspecified atom stereocenters. The summed E-state index contributed by atoms with van der Waals surface area (Å²) in [6.07, 6.45) is 3.99. The maximum atomic E-state index is 12.5. The van der Waals surface area contributed by atoms with Crippen molar-refractivity contribution >= 4 is 32.8 Å². The lowest BCUT2D eigenvalue weighted by Crippen LogP contribution is -2.70. The van der Waals surface area contributed by atoms with Gasteiger partial charge in [0.2, 0.25) is 5.89 Å². The first-order valence-corrected chi connectivity index (χ1v) is 10.8. The second-order valence-electron chi connectivity index (χ2n) is 8.66. The molecule has 0 radical (unpaired) electrons. The number of hydrogen-bond acceptors (Lipinski definition) is 8. The van der Waals surface area contributed by atoms with Gasteiger partial charge in [0.15, 0.2) is 5.13 Å². The third-order valence-corrected chi connectivity index (χ3v) is 6.60. The van der Waals surface area contributed by atoms with Crippen molar-refractivity contribution in [3.05, 3.63) is 24.6 Å². The predicted molar refractivity (Wildman–Crippen MR) is 114 cm³/mol. The van der Waals surface area contributed by atoms with Gasteiger partial charge in [0.25, 0.3) is 0 Å². The van der Waals surface area contributed by atoms with E-state index in [1.54, 1.807) is 30.9 Å². The van der Waals surface area contributed by atoms with Crippen molar-refractivity contribution in [3.63, 3.8) is 0 Å². The molecule has 8 nitrogen and oxygen atoms in total. The standard InChI is InChI=1S/C21H24N4O4S/c1-21(2,3)29-20(26)25-12-9-13(25)11-24(10-12)19-23-16-15(27-4)6-5-14(17(16)30-19)18-22-7-8-28-18/h5-8,12-13H,9-11H2,1-4H3. The van der Waals surface area contributed by atoms with Gasteiger partial charge in [-0.2, -0.15) is 0 Å². The number of aromatic nitrogens is 2. The summed E-state index contributed by atoms with van der Waals surface area (Å²) in [6.45, 7) is 7.17. The highest BCUT2D eigenvalue weighted by atomic mass is 32.1. The summed E-state index contributed by atoms with van der Waals surface area (Å²) < 4.78 is 17.6. The van der Waals surface area contributed by atoms with Crippen LogP contribution in [0.3, 0.4) is 0 Å². The molecule has 3 fully saturated rings. The summed E-state index contributed by atoms with van der Waals surface area (Å²) in [5.74, 6) is 1.29. The number of oxazole rings is 1. The monoisotopic (exact) mass is 428 g/mol. The van der Waals surface area contributed by atoms with Gasteiger partial charge in [0, 0.05) is 13.1 Å². The van der Waals surface area contributed by atoms with Gasteiger partial charge in [-0.25, -0.2) is 14.8 Å². The van der Waals surface area contributed by atoms with E-state index >= 15 is 0 Å². The van der Waals surface area contributed by atoms with Crippen LogP contribution in [0.5, 0.6) is 5.75 Å². The van der Waals surface area contributed by atoms with Crippen LogP contribution in [0.25, 0.3) is 21.7 Å². The zero-order valence-corrected chi connectivity index (χ0v) is 18.2. The third-order valence-electron chi connectivity index (χ3n) is 5.45. The maximum absolute atomic E-state index is 12.5. The number of thiazole rings is 1. The summed E-state index contributed by atoms with van der Waals surface area (Å²) in [5, 5.41) is 0.917. The first-order chi connectivity index (χ1) is 14.3. The highest BCUT2D eigenvalue weighted by molar-refractivity contribution is 7.22. The number of piperazine rings is 1. The quantitative estimate of drug-likeness (QED) is 0.620. The van der Waals surface area contributed by atoms with E-state index in [-0.39, 0.29) is 18.2 Å². The van der Waals surface area contributed by atoms with E-state index in [0.29, 0.717) is 5.89 Å². The van der Waals surface area contributed by atoms with Crippen molar-refractivity contribution in [1.29, 1.82) is 0 Å². The molecule has 1 aromatic carbocycles. The van der Waals surface area contributed by atoms with E-state index in [2.05, 4.69) is 9.88 Å². The Bertz CT molecular complexity index is 1080. The summed E-state index contributed by atoms with van der Waals surface area (Å²) in [4.78, 5) is 25.8. The molecule has 3 aliphatic heterocycles. The molecule has 1 amide bonds.